The van der Waals surface area contributed by atoms with Crippen LogP contribution < -0.4 is 10.5 Å². The van der Waals surface area contributed by atoms with Crippen LogP contribution >= 0.6 is 0 Å². The van der Waals surface area contributed by atoms with Crippen molar-refractivity contribution in [2.24, 2.45) is 0 Å². The monoisotopic (exact) mass is 255 g/mol. The highest BCUT2D eigenvalue weighted by molar-refractivity contribution is 5.45. The third-order valence-electron chi connectivity index (χ3n) is 3.32. The van der Waals surface area contributed by atoms with E-state index in [0.717, 1.165) is 17.9 Å². The molecule has 2 aromatic carbocycles. The van der Waals surface area contributed by atoms with Crippen LogP contribution in [0.15, 0.2) is 42.5 Å². The first-order chi connectivity index (χ1) is 9.10. The van der Waals surface area contributed by atoms with Gasteiger partial charge in [-0.1, -0.05) is 38.1 Å². The van der Waals surface area contributed by atoms with E-state index in [4.69, 9.17) is 10.5 Å². The van der Waals surface area contributed by atoms with E-state index in [1.807, 2.05) is 18.2 Å². The first kappa shape index (κ1) is 13.5. The lowest BCUT2D eigenvalue weighted by molar-refractivity contribution is 0.409. The van der Waals surface area contributed by atoms with E-state index < -0.39 is 0 Å². The van der Waals surface area contributed by atoms with E-state index in [9.17, 15) is 0 Å². The molecule has 0 aliphatic rings. The molecule has 0 unspecified atom stereocenters. The molecule has 0 saturated heterocycles. The zero-order chi connectivity index (χ0) is 13.8. The van der Waals surface area contributed by atoms with Crippen LogP contribution in [0.3, 0.4) is 0 Å². The number of methoxy groups -OCH3 is 1. The molecule has 0 heterocycles. The molecule has 0 aromatic heterocycles. The molecular formula is C17H21NO. The Bertz CT molecular complexity index is 561. The van der Waals surface area contributed by atoms with Gasteiger partial charge in [-0.05, 0) is 40.8 Å². The van der Waals surface area contributed by atoms with Gasteiger partial charge in [-0.15, -0.1) is 0 Å². The molecule has 100 valence electrons. The second-order valence-corrected chi connectivity index (χ2v) is 5.15. The normalized spacial score (nSPS) is 10.7. The van der Waals surface area contributed by atoms with Gasteiger partial charge in [0.1, 0.15) is 5.75 Å². The lowest BCUT2D eigenvalue weighted by Gasteiger charge is -2.13. The smallest absolute Gasteiger partial charge is 0.122 e. The van der Waals surface area contributed by atoms with Gasteiger partial charge < -0.3 is 10.5 Å². The summed E-state index contributed by atoms with van der Waals surface area (Å²) < 4.78 is 5.51. The molecule has 0 spiro atoms. The number of benzene rings is 2. The second kappa shape index (κ2) is 5.79. The van der Waals surface area contributed by atoms with Crippen LogP contribution in [0, 0.1) is 0 Å². The highest BCUT2D eigenvalue weighted by Crippen LogP contribution is 2.27. The zero-order valence-electron chi connectivity index (χ0n) is 11.8. The lowest BCUT2D eigenvalue weighted by Crippen LogP contribution is -1.97. The maximum Gasteiger partial charge on any atom is 0.122 e. The van der Waals surface area contributed by atoms with Crippen molar-refractivity contribution in [2.45, 2.75) is 26.2 Å². The first-order valence-corrected chi connectivity index (χ1v) is 6.61. The second-order valence-electron chi connectivity index (χ2n) is 5.15. The Morgan fingerprint density at radius 1 is 1.11 bits per heavy atom. The molecule has 0 aliphatic carbocycles. The van der Waals surface area contributed by atoms with E-state index in [-0.39, 0.29) is 0 Å². The average molecular weight is 255 g/mol. The van der Waals surface area contributed by atoms with Crippen LogP contribution in [0.5, 0.6) is 5.75 Å². The molecule has 0 fully saturated rings. The summed E-state index contributed by atoms with van der Waals surface area (Å²) in [7, 11) is 1.72. The maximum atomic E-state index is 5.82. The van der Waals surface area contributed by atoms with Gasteiger partial charge in [-0.25, -0.2) is 0 Å². The number of ether oxygens (including phenoxy) is 1. The molecule has 0 bridgehead atoms. The summed E-state index contributed by atoms with van der Waals surface area (Å²) in [6, 6.07) is 14.4. The fraction of sp³-hybridized carbons (Fsp3) is 0.294. The molecule has 2 rings (SSSR count). The van der Waals surface area contributed by atoms with E-state index in [1.165, 1.54) is 16.7 Å². The SMILES string of the molecule is COc1cc(C(C)C)ccc1Cc1cccc(N)c1. The molecule has 0 saturated carbocycles. The quantitative estimate of drug-likeness (QED) is 0.838. The Morgan fingerprint density at radius 3 is 2.53 bits per heavy atom. The standard InChI is InChI=1S/C17H21NO/c1-12(2)14-7-8-15(17(11-14)19-3)9-13-5-4-6-16(18)10-13/h4-8,10-12H,9,18H2,1-3H3. The Hall–Kier alpha value is -1.96. The van der Waals surface area contributed by atoms with Gasteiger partial charge in [0, 0.05) is 12.1 Å². The van der Waals surface area contributed by atoms with E-state index >= 15 is 0 Å². The van der Waals surface area contributed by atoms with Gasteiger partial charge >= 0.3 is 0 Å². The maximum absolute atomic E-state index is 5.82. The van der Waals surface area contributed by atoms with E-state index in [0.29, 0.717) is 5.92 Å². The van der Waals surface area contributed by atoms with Crippen molar-refractivity contribution in [1.29, 1.82) is 0 Å². The summed E-state index contributed by atoms with van der Waals surface area (Å²) in [5.74, 6) is 1.46. The molecule has 2 nitrogen and oxygen atoms in total. The molecular weight excluding hydrogens is 234 g/mol. The summed E-state index contributed by atoms with van der Waals surface area (Å²) in [5, 5.41) is 0. The highest BCUT2D eigenvalue weighted by Gasteiger charge is 2.07. The number of nitrogen functional groups attached to an aromatic ring is 1. The third-order valence-corrected chi connectivity index (χ3v) is 3.32. The topological polar surface area (TPSA) is 35.2 Å². The van der Waals surface area contributed by atoms with Crippen molar-refractivity contribution in [1.82, 2.24) is 0 Å². The minimum Gasteiger partial charge on any atom is -0.496 e. The molecule has 0 atom stereocenters. The number of hydrogen-bond acceptors (Lipinski definition) is 2. The van der Waals surface area contributed by atoms with Gasteiger partial charge in [0.25, 0.3) is 0 Å². The fourth-order valence-corrected chi connectivity index (χ4v) is 2.19. The zero-order valence-corrected chi connectivity index (χ0v) is 11.8. The van der Waals surface area contributed by atoms with Crippen molar-refractivity contribution in [3.05, 3.63) is 59.2 Å². The molecule has 0 radical (unpaired) electrons. The Labute approximate surface area is 115 Å². The number of anilines is 1. The molecule has 2 heteroatoms. The minimum absolute atomic E-state index is 0.510. The van der Waals surface area contributed by atoms with Crippen molar-refractivity contribution < 1.29 is 4.74 Å². The first-order valence-electron chi connectivity index (χ1n) is 6.61. The number of rotatable bonds is 4. The van der Waals surface area contributed by atoms with E-state index in [1.54, 1.807) is 7.11 Å². The Kier molecular flexibility index (Phi) is 4.10. The predicted molar refractivity (Wildman–Crippen MR) is 80.7 cm³/mol. The van der Waals surface area contributed by atoms with Crippen molar-refractivity contribution in [3.8, 4) is 5.75 Å². The van der Waals surface area contributed by atoms with Crippen LogP contribution in [-0.2, 0) is 6.42 Å². The largest absolute Gasteiger partial charge is 0.496 e. The Balaban J connectivity index is 2.29. The van der Waals surface area contributed by atoms with Gasteiger partial charge in [0.2, 0.25) is 0 Å². The van der Waals surface area contributed by atoms with Gasteiger partial charge in [-0.3, -0.25) is 0 Å². The number of hydrogen-bond donors (Lipinski definition) is 1. The van der Waals surface area contributed by atoms with Crippen LogP contribution in [0.4, 0.5) is 5.69 Å². The van der Waals surface area contributed by atoms with Crippen LogP contribution in [0.1, 0.15) is 36.5 Å². The van der Waals surface area contributed by atoms with Gasteiger partial charge in [0.15, 0.2) is 0 Å². The van der Waals surface area contributed by atoms with E-state index in [2.05, 4.69) is 38.1 Å². The van der Waals surface area contributed by atoms with Crippen LogP contribution in [0.25, 0.3) is 0 Å². The molecule has 19 heavy (non-hydrogen) atoms. The summed E-state index contributed by atoms with van der Waals surface area (Å²) >= 11 is 0. The van der Waals surface area contributed by atoms with Crippen molar-refractivity contribution >= 4 is 5.69 Å². The molecule has 2 N–H and O–H groups in total. The minimum atomic E-state index is 0.510. The van der Waals surface area contributed by atoms with Crippen molar-refractivity contribution in [3.63, 3.8) is 0 Å². The average Bonchev–Trinajstić information content (AvgIpc) is 2.39. The van der Waals surface area contributed by atoms with Gasteiger partial charge in [0.05, 0.1) is 7.11 Å². The number of nitrogens with two attached hydrogens (primary N) is 1. The van der Waals surface area contributed by atoms with Crippen LogP contribution in [-0.4, -0.2) is 7.11 Å². The summed E-state index contributed by atoms with van der Waals surface area (Å²) in [6.07, 6.45) is 0.840. The van der Waals surface area contributed by atoms with Crippen LogP contribution in [0.2, 0.25) is 0 Å². The summed E-state index contributed by atoms with van der Waals surface area (Å²) in [6.45, 7) is 4.37. The molecule has 0 aliphatic heterocycles. The molecule has 0 amide bonds. The van der Waals surface area contributed by atoms with Crippen molar-refractivity contribution in [2.75, 3.05) is 12.8 Å². The molecule has 2 aromatic rings. The fourth-order valence-electron chi connectivity index (χ4n) is 2.19. The summed E-state index contributed by atoms with van der Waals surface area (Å²) in [5.41, 5.74) is 10.3. The summed E-state index contributed by atoms with van der Waals surface area (Å²) in [4.78, 5) is 0. The Morgan fingerprint density at radius 2 is 1.89 bits per heavy atom. The van der Waals surface area contributed by atoms with Gasteiger partial charge in [-0.2, -0.15) is 0 Å². The lowest BCUT2D eigenvalue weighted by atomic mass is 9.97. The third kappa shape index (κ3) is 3.28. The predicted octanol–water partition coefficient (Wildman–Crippen LogP) is 3.99. The highest BCUT2D eigenvalue weighted by atomic mass is 16.5.